The highest BCUT2D eigenvalue weighted by Gasteiger charge is 2.19. The molecular formula is C17H17NO6S. The Morgan fingerprint density at radius 3 is 2.24 bits per heavy atom. The number of carbonyl (C=O) groups is 1. The largest absolute Gasteiger partial charge is 0.493 e. The van der Waals surface area contributed by atoms with E-state index in [0.717, 1.165) is 5.41 Å². The zero-order valence-electron chi connectivity index (χ0n) is 13.6. The number of ether oxygens (including phenoxy) is 2. The van der Waals surface area contributed by atoms with Crippen LogP contribution in [-0.2, 0) is 10.0 Å². The van der Waals surface area contributed by atoms with Crippen molar-refractivity contribution in [2.45, 2.75) is 0 Å². The lowest BCUT2D eigenvalue weighted by Gasteiger charge is -2.13. The molecule has 0 bridgehead atoms. The fraction of sp³-hybridized carbons (Fsp3) is 0.118. The lowest BCUT2D eigenvalue weighted by atomic mass is 10.1. The Labute approximate surface area is 145 Å². The monoisotopic (exact) mass is 363 g/mol. The average Bonchev–Trinajstić information content (AvgIpc) is 2.60. The summed E-state index contributed by atoms with van der Waals surface area (Å²) >= 11 is 0. The van der Waals surface area contributed by atoms with E-state index in [9.17, 15) is 18.3 Å². The van der Waals surface area contributed by atoms with Gasteiger partial charge in [-0.05, 0) is 11.6 Å². The number of sulfonamides is 1. The second-order valence-electron chi connectivity index (χ2n) is 4.92. The predicted molar refractivity (Wildman–Crippen MR) is 94.5 cm³/mol. The molecule has 0 unspecified atom stereocenters. The van der Waals surface area contributed by atoms with E-state index in [1.54, 1.807) is 24.3 Å². The molecule has 0 aromatic heterocycles. The molecule has 132 valence electrons. The van der Waals surface area contributed by atoms with Crippen molar-refractivity contribution in [2.24, 2.45) is 0 Å². The minimum Gasteiger partial charge on any atom is -0.493 e. The van der Waals surface area contributed by atoms with Crippen LogP contribution in [-0.4, -0.2) is 33.7 Å². The van der Waals surface area contributed by atoms with Crippen LogP contribution in [0.1, 0.15) is 15.9 Å². The first kappa shape index (κ1) is 18.3. The van der Waals surface area contributed by atoms with Crippen LogP contribution in [0.4, 0.5) is 5.69 Å². The van der Waals surface area contributed by atoms with Crippen LogP contribution in [0.15, 0.2) is 47.9 Å². The van der Waals surface area contributed by atoms with E-state index in [0.29, 0.717) is 5.56 Å². The van der Waals surface area contributed by atoms with Gasteiger partial charge in [0, 0.05) is 12.1 Å². The van der Waals surface area contributed by atoms with Gasteiger partial charge >= 0.3 is 5.97 Å². The van der Waals surface area contributed by atoms with E-state index in [1.165, 1.54) is 32.4 Å². The number of aromatic carboxylic acids is 1. The molecule has 25 heavy (non-hydrogen) atoms. The molecule has 0 saturated carbocycles. The van der Waals surface area contributed by atoms with Crippen LogP contribution in [0.2, 0.25) is 0 Å². The van der Waals surface area contributed by atoms with Crippen LogP contribution < -0.4 is 14.2 Å². The molecule has 7 nitrogen and oxygen atoms in total. The highest BCUT2D eigenvalue weighted by Crippen LogP contribution is 2.34. The second-order valence-corrected chi connectivity index (χ2v) is 6.48. The minimum absolute atomic E-state index is 0.122. The number of methoxy groups -OCH3 is 2. The Balaban J connectivity index is 2.37. The van der Waals surface area contributed by atoms with Crippen molar-refractivity contribution in [3.63, 3.8) is 0 Å². The van der Waals surface area contributed by atoms with Crippen molar-refractivity contribution in [3.05, 3.63) is 59.0 Å². The molecule has 0 atom stereocenters. The van der Waals surface area contributed by atoms with Crippen molar-refractivity contribution >= 4 is 27.8 Å². The summed E-state index contributed by atoms with van der Waals surface area (Å²) in [4.78, 5) is 11.4. The van der Waals surface area contributed by atoms with E-state index in [2.05, 4.69) is 4.72 Å². The second kappa shape index (κ2) is 7.71. The summed E-state index contributed by atoms with van der Waals surface area (Å²) in [5.41, 5.74) is 0.316. The van der Waals surface area contributed by atoms with Gasteiger partial charge in [-0.3, -0.25) is 4.72 Å². The molecule has 0 spiro atoms. The lowest BCUT2D eigenvalue weighted by Crippen LogP contribution is -2.13. The van der Waals surface area contributed by atoms with Crippen LogP contribution in [0, 0.1) is 0 Å². The maximum atomic E-state index is 12.2. The molecule has 2 rings (SSSR count). The number of nitrogens with one attached hydrogen (secondary N) is 1. The summed E-state index contributed by atoms with van der Waals surface area (Å²) in [5, 5.41) is 10.3. The Kier molecular flexibility index (Phi) is 5.66. The molecule has 0 aliphatic rings. The normalized spacial score (nSPS) is 11.3. The molecular weight excluding hydrogens is 346 g/mol. The van der Waals surface area contributed by atoms with Crippen molar-refractivity contribution in [1.29, 1.82) is 0 Å². The van der Waals surface area contributed by atoms with Gasteiger partial charge in [0.2, 0.25) is 0 Å². The van der Waals surface area contributed by atoms with Crippen molar-refractivity contribution < 1.29 is 27.8 Å². The molecule has 0 fully saturated rings. The van der Waals surface area contributed by atoms with Gasteiger partial charge in [-0.1, -0.05) is 30.3 Å². The van der Waals surface area contributed by atoms with E-state index < -0.39 is 16.0 Å². The third-order valence-corrected chi connectivity index (χ3v) is 4.24. The fourth-order valence-corrected chi connectivity index (χ4v) is 2.94. The summed E-state index contributed by atoms with van der Waals surface area (Å²) in [7, 11) is -1.20. The Hall–Kier alpha value is -3.00. The van der Waals surface area contributed by atoms with Crippen LogP contribution in [0.25, 0.3) is 6.08 Å². The predicted octanol–water partition coefficient (Wildman–Crippen LogP) is 2.81. The number of anilines is 1. The van der Waals surface area contributed by atoms with Crippen LogP contribution in [0.3, 0.4) is 0 Å². The number of rotatable bonds is 7. The third-order valence-electron chi connectivity index (χ3n) is 3.25. The molecule has 0 heterocycles. The van der Waals surface area contributed by atoms with Gasteiger partial charge in [-0.15, -0.1) is 0 Å². The summed E-state index contributed by atoms with van der Waals surface area (Å²) in [6.45, 7) is 0. The first-order valence-electron chi connectivity index (χ1n) is 7.11. The molecule has 8 heteroatoms. The maximum absolute atomic E-state index is 12.2. The van der Waals surface area contributed by atoms with Crippen LogP contribution >= 0.6 is 0 Å². The fourth-order valence-electron chi connectivity index (χ4n) is 2.06. The quantitative estimate of drug-likeness (QED) is 0.784. The van der Waals surface area contributed by atoms with Crippen molar-refractivity contribution in [1.82, 2.24) is 0 Å². The SMILES string of the molecule is COc1cc(NS(=O)(=O)/C=C/c2ccccc2)c(C(=O)O)cc1OC. The molecule has 2 aromatic carbocycles. The summed E-state index contributed by atoms with van der Waals surface area (Å²) in [5.74, 6) is -0.911. The summed E-state index contributed by atoms with van der Waals surface area (Å²) in [6.07, 6.45) is 1.41. The Bertz CT molecular complexity index is 891. The van der Waals surface area contributed by atoms with Gasteiger partial charge in [0.15, 0.2) is 11.5 Å². The lowest BCUT2D eigenvalue weighted by molar-refractivity contribution is 0.0697. The van der Waals surface area contributed by atoms with Crippen molar-refractivity contribution in [3.8, 4) is 11.5 Å². The van der Waals surface area contributed by atoms with Gasteiger partial charge in [-0.25, -0.2) is 13.2 Å². The van der Waals surface area contributed by atoms with E-state index >= 15 is 0 Å². The number of benzene rings is 2. The summed E-state index contributed by atoms with van der Waals surface area (Å²) in [6, 6.07) is 11.3. The highest BCUT2D eigenvalue weighted by atomic mass is 32.2. The first-order chi connectivity index (χ1) is 11.9. The topological polar surface area (TPSA) is 102 Å². The molecule has 0 amide bonds. The zero-order chi connectivity index (χ0) is 18.4. The first-order valence-corrected chi connectivity index (χ1v) is 8.66. The van der Waals surface area contributed by atoms with E-state index in [-0.39, 0.29) is 22.7 Å². The number of carboxylic acid groups (broad SMARTS) is 1. The van der Waals surface area contributed by atoms with Gasteiger partial charge in [0.25, 0.3) is 10.0 Å². The van der Waals surface area contributed by atoms with Gasteiger partial charge in [0.1, 0.15) is 0 Å². The Morgan fingerprint density at radius 1 is 1.08 bits per heavy atom. The smallest absolute Gasteiger partial charge is 0.337 e. The number of carboxylic acids is 1. The third kappa shape index (κ3) is 4.74. The van der Waals surface area contributed by atoms with E-state index in [1.807, 2.05) is 6.07 Å². The van der Waals surface area contributed by atoms with Crippen LogP contribution in [0.5, 0.6) is 11.5 Å². The molecule has 0 aliphatic heterocycles. The number of hydrogen-bond donors (Lipinski definition) is 2. The van der Waals surface area contributed by atoms with Gasteiger partial charge in [-0.2, -0.15) is 0 Å². The highest BCUT2D eigenvalue weighted by molar-refractivity contribution is 7.95. The standard InChI is InChI=1S/C17H17NO6S/c1-23-15-10-13(17(19)20)14(11-16(15)24-2)18-25(21,22)9-8-12-6-4-3-5-7-12/h3-11,18H,1-2H3,(H,19,20)/b9-8+. The summed E-state index contributed by atoms with van der Waals surface area (Å²) < 4.78 is 36.8. The maximum Gasteiger partial charge on any atom is 0.337 e. The minimum atomic E-state index is -3.92. The van der Waals surface area contributed by atoms with Crippen molar-refractivity contribution in [2.75, 3.05) is 18.9 Å². The zero-order valence-corrected chi connectivity index (χ0v) is 14.4. The average molecular weight is 363 g/mol. The van der Waals surface area contributed by atoms with Gasteiger partial charge in [0.05, 0.1) is 30.9 Å². The molecule has 0 aliphatic carbocycles. The van der Waals surface area contributed by atoms with E-state index in [4.69, 9.17) is 9.47 Å². The molecule has 0 saturated heterocycles. The number of hydrogen-bond acceptors (Lipinski definition) is 5. The molecule has 0 radical (unpaired) electrons. The Morgan fingerprint density at radius 2 is 1.68 bits per heavy atom. The molecule has 2 aromatic rings. The van der Waals surface area contributed by atoms with Gasteiger partial charge < -0.3 is 14.6 Å². The molecule has 2 N–H and O–H groups in total.